The van der Waals surface area contributed by atoms with Gasteiger partial charge in [0, 0.05) is 23.6 Å². The summed E-state index contributed by atoms with van der Waals surface area (Å²) in [5, 5.41) is 13.1. The number of nitrogens with one attached hydrogen (secondary N) is 1. The Morgan fingerprint density at radius 2 is 1.93 bits per heavy atom. The molecule has 0 aliphatic rings. The average Bonchev–Trinajstić information content (AvgIpc) is 3.43. The van der Waals surface area contributed by atoms with E-state index in [9.17, 15) is 4.79 Å². The van der Waals surface area contributed by atoms with E-state index >= 15 is 0 Å². The van der Waals surface area contributed by atoms with Gasteiger partial charge in [-0.3, -0.25) is 14.3 Å². The van der Waals surface area contributed by atoms with Crippen LogP contribution in [0.1, 0.15) is 5.76 Å². The third-order valence-corrected chi connectivity index (χ3v) is 4.77. The lowest BCUT2D eigenvalue weighted by atomic mass is 10.2. The standard InChI is InChI=1S/C20H16N6O2S/c27-18(23-22-13-17-7-4-12-28-17)14-29-20-25-24-19(15-8-10-21-11-9-15)26(20)16-5-2-1-3-6-16/h1-13H,14H2,(H,23,27)/b22-13+. The number of rotatable bonds is 7. The smallest absolute Gasteiger partial charge is 0.250 e. The Balaban J connectivity index is 1.51. The largest absolute Gasteiger partial charge is 0.463 e. The van der Waals surface area contributed by atoms with E-state index in [4.69, 9.17) is 4.42 Å². The maximum Gasteiger partial charge on any atom is 0.250 e. The van der Waals surface area contributed by atoms with E-state index in [1.165, 1.54) is 24.2 Å². The van der Waals surface area contributed by atoms with Gasteiger partial charge < -0.3 is 4.42 Å². The van der Waals surface area contributed by atoms with E-state index in [0.717, 1.165) is 11.3 Å². The highest BCUT2D eigenvalue weighted by molar-refractivity contribution is 7.99. The van der Waals surface area contributed by atoms with Crippen LogP contribution < -0.4 is 5.43 Å². The van der Waals surface area contributed by atoms with Crippen molar-refractivity contribution < 1.29 is 9.21 Å². The maximum atomic E-state index is 12.1. The molecule has 4 aromatic rings. The lowest BCUT2D eigenvalue weighted by Gasteiger charge is -2.09. The number of thioether (sulfide) groups is 1. The van der Waals surface area contributed by atoms with Gasteiger partial charge in [-0.1, -0.05) is 30.0 Å². The summed E-state index contributed by atoms with van der Waals surface area (Å²) < 4.78 is 7.04. The molecule has 0 aliphatic heterocycles. The first-order chi connectivity index (χ1) is 14.3. The van der Waals surface area contributed by atoms with Crippen LogP contribution in [0.2, 0.25) is 0 Å². The molecule has 1 N–H and O–H groups in total. The summed E-state index contributed by atoms with van der Waals surface area (Å²) in [5.74, 6) is 1.11. The van der Waals surface area contributed by atoms with Crippen molar-refractivity contribution in [3.63, 3.8) is 0 Å². The molecule has 3 aromatic heterocycles. The van der Waals surface area contributed by atoms with Crippen LogP contribution in [-0.2, 0) is 4.79 Å². The van der Waals surface area contributed by atoms with E-state index in [0.29, 0.717) is 16.7 Å². The first-order valence-electron chi connectivity index (χ1n) is 8.71. The van der Waals surface area contributed by atoms with Crippen molar-refractivity contribution in [1.29, 1.82) is 0 Å². The molecule has 0 saturated heterocycles. The third kappa shape index (κ3) is 4.58. The van der Waals surface area contributed by atoms with Gasteiger partial charge in [0.25, 0.3) is 5.91 Å². The minimum atomic E-state index is -0.258. The Kier molecular flexibility index (Phi) is 5.77. The molecule has 0 spiro atoms. The Morgan fingerprint density at radius 1 is 1.10 bits per heavy atom. The number of nitrogens with zero attached hydrogens (tertiary/aromatic N) is 5. The third-order valence-electron chi connectivity index (χ3n) is 3.84. The number of carbonyl (C=O) groups is 1. The molecule has 0 saturated carbocycles. The molecular weight excluding hydrogens is 388 g/mol. The minimum Gasteiger partial charge on any atom is -0.463 e. The minimum absolute atomic E-state index is 0.136. The molecule has 29 heavy (non-hydrogen) atoms. The molecule has 0 radical (unpaired) electrons. The normalized spacial score (nSPS) is 11.0. The van der Waals surface area contributed by atoms with E-state index in [2.05, 4.69) is 25.7 Å². The van der Waals surface area contributed by atoms with Crippen molar-refractivity contribution in [3.05, 3.63) is 79.0 Å². The average molecular weight is 404 g/mol. The van der Waals surface area contributed by atoms with Gasteiger partial charge in [-0.05, 0) is 36.4 Å². The number of aromatic nitrogens is 4. The molecule has 0 aliphatic carbocycles. The zero-order chi connectivity index (χ0) is 19.9. The number of carbonyl (C=O) groups excluding carboxylic acids is 1. The van der Waals surface area contributed by atoms with Gasteiger partial charge in [-0.15, -0.1) is 10.2 Å². The highest BCUT2D eigenvalue weighted by Crippen LogP contribution is 2.27. The fourth-order valence-electron chi connectivity index (χ4n) is 2.56. The van der Waals surface area contributed by atoms with Gasteiger partial charge >= 0.3 is 0 Å². The summed E-state index contributed by atoms with van der Waals surface area (Å²) >= 11 is 1.28. The van der Waals surface area contributed by atoms with Crippen molar-refractivity contribution in [1.82, 2.24) is 25.2 Å². The van der Waals surface area contributed by atoms with Gasteiger partial charge in [-0.2, -0.15) is 5.10 Å². The summed E-state index contributed by atoms with van der Waals surface area (Å²) in [6.07, 6.45) is 6.39. The SMILES string of the molecule is O=C(CSc1nnc(-c2ccncc2)n1-c1ccccc1)N/N=C/c1ccco1. The van der Waals surface area contributed by atoms with Crippen LogP contribution in [0.4, 0.5) is 0 Å². The summed E-state index contributed by atoms with van der Waals surface area (Å²) in [6, 6.07) is 17.0. The van der Waals surface area contributed by atoms with Gasteiger partial charge in [0.05, 0.1) is 18.2 Å². The molecule has 4 rings (SSSR count). The fraction of sp³-hybridized carbons (Fsp3) is 0.0500. The van der Waals surface area contributed by atoms with Crippen LogP contribution in [0, 0.1) is 0 Å². The topological polar surface area (TPSA) is 98.2 Å². The van der Waals surface area contributed by atoms with Crippen LogP contribution in [0.25, 0.3) is 17.1 Å². The first kappa shape index (κ1) is 18.6. The number of amides is 1. The number of benzene rings is 1. The van der Waals surface area contributed by atoms with E-state index < -0.39 is 0 Å². The van der Waals surface area contributed by atoms with E-state index in [-0.39, 0.29) is 11.7 Å². The van der Waals surface area contributed by atoms with Crippen LogP contribution in [-0.4, -0.2) is 37.6 Å². The number of furan rings is 1. The van der Waals surface area contributed by atoms with Gasteiger partial charge in [0.15, 0.2) is 11.0 Å². The van der Waals surface area contributed by atoms with E-state index in [1.807, 2.05) is 47.0 Å². The Morgan fingerprint density at radius 3 is 2.69 bits per heavy atom. The van der Waals surface area contributed by atoms with Crippen LogP contribution in [0.5, 0.6) is 0 Å². The molecule has 9 heteroatoms. The fourth-order valence-corrected chi connectivity index (χ4v) is 3.30. The Labute approximate surface area is 170 Å². The molecule has 3 heterocycles. The second-order valence-electron chi connectivity index (χ2n) is 5.81. The van der Waals surface area contributed by atoms with Gasteiger partial charge in [-0.25, -0.2) is 5.43 Å². The molecule has 0 bridgehead atoms. The second kappa shape index (κ2) is 8.98. The second-order valence-corrected chi connectivity index (χ2v) is 6.75. The highest BCUT2D eigenvalue weighted by atomic mass is 32.2. The van der Waals surface area contributed by atoms with Crippen molar-refractivity contribution >= 4 is 23.9 Å². The predicted octanol–water partition coefficient (Wildman–Crippen LogP) is 3.16. The Hall–Kier alpha value is -3.72. The Bertz CT molecular complexity index is 1090. The first-order valence-corrected chi connectivity index (χ1v) is 9.69. The summed E-state index contributed by atoms with van der Waals surface area (Å²) in [7, 11) is 0. The number of hydrazone groups is 1. The summed E-state index contributed by atoms with van der Waals surface area (Å²) in [5.41, 5.74) is 4.26. The number of hydrogen-bond donors (Lipinski definition) is 1. The molecular formula is C20H16N6O2S. The lowest BCUT2D eigenvalue weighted by molar-refractivity contribution is -0.118. The van der Waals surface area contributed by atoms with Crippen molar-refractivity contribution in [2.75, 3.05) is 5.75 Å². The summed E-state index contributed by atoms with van der Waals surface area (Å²) in [6.45, 7) is 0. The molecule has 8 nitrogen and oxygen atoms in total. The van der Waals surface area contributed by atoms with Gasteiger partial charge in [0.2, 0.25) is 0 Å². The van der Waals surface area contributed by atoms with Gasteiger partial charge in [0.1, 0.15) is 5.76 Å². The predicted molar refractivity (Wildman–Crippen MR) is 110 cm³/mol. The molecule has 1 aromatic carbocycles. The molecule has 0 unspecified atom stereocenters. The molecule has 0 atom stereocenters. The van der Waals surface area contributed by atoms with Crippen molar-refractivity contribution in [3.8, 4) is 17.1 Å². The van der Waals surface area contributed by atoms with Crippen molar-refractivity contribution in [2.45, 2.75) is 5.16 Å². The van der Waals surface area contributed by atoms with Crippen LogP contribution in [0.3, 0.4) is 0 Å². The zero-order valence-electron chi connectivity index (χ0n) is 15.2. The number of hydrogen-bond acceptors (Lipinski definition) is 7. The van der Waals surface area contributed by atoms with E-state index in [1.54, 1.807) is 24.5 Å². The highest BCUT2D eigenvalue weighted by Gasteiger charge is 2.17. The molecule has 144 valence electrons. The maximum absolute atomic E-state index is 12.1. The monoisotopic (exact) mass is 404 g/mol. The van der Waals surface area contributed by atoms with Crippen LogP contribution >= 0.6 is 11.8 Å². The van der Waals surface area contributed by atoms with Crippen molar-refractivity contribution in [2.24, 2.45) is 5.10 Å². The quantitative estimate of drug-likeness (QED) is 0.289. The number of pyridine rings is 1. The zero-order valence-corrected chi connectivity index (χ0v) is 16.0. The molecule has 0 fully saturated rings. The molecule has 1 amide bonds. The number of para-hydroxylation sites is 1. The van der Waals surface area contributed by atoms with Crippen LogP contribution in [0.15, 0.2) is 87.9 Å². The summed E-state index contributed by atoms with van der Waals surface area (Å²) in [4.78, 5) is 16.2. The lowest BCUT2D eigenvalue weighted by Crippen LogP contribution is -2.19.